The Morgan fingerprint density at radius 1 is 0.783 bits per heavy atom. The average Bonchev–Trinajstić information content (AvgIpc) is 2.50. The lowest BCUT2D eigenvalue weighted by atomic mass is 9.98. The van der Waals surface area contributed by atoms with Crippen molar-refractivity contribution in [1.82, 2.24) is 4.72 Å². The summed E-state index contributed by atoms with van der Waals surface area (Å²) in [7, 11) is -3.41. The maximum atomic E-state index is 12.6. The van der Waals surface area contributed by atoms with Crippen LogP contribution in [-0.2, 0) is 10.0 Å². The Hall–Kier alpha value is -0.390. The smallest absolute Gasteiger partial charge is 0.208 e. The fourth-order valence-electron chi connectivity index (χ4n) is 3.18. The molecule has 0 aliphatic heterocycles. The maximum absolute atomic E-state index is 12.6. The van der Waals surface area contributed by atoms with E-state index >= 15 is 0 Å². The Bertz CT molecular complexity index is 545. The first kappa shape index (κ1) is 18.9. The zero-order chi connectivity index (χ0) is 16.5. The lowest BCUT2D eigenvalue weighted by Gasteiger charge is -2.19. The molecule has 1 aliphatic rings. The number of hydrogen-bond donors (Lipinski definition) is 1. The van der Waals surface area contributed by atoms with Gasteiger partial charge in [-0.2, -0.15) is 0 Å². The lowest BCUT2D eigenvalue weighted by molar-refractivity contribution is 0.440. The van der Waals surface area contributed by atoms with Crippen LogP contribution in [0.4, 0.5) is 0 Å². The largest absolute Gasteiger partial charge is 0.240 e. The van der Waals surface area contributed by atoms with Crippen molar-refractivity contribution in [3.05, 3.63) is 28.7 Å². The highest BCUT2D eigenvalue weighted by atomic mass is 79.9. The minimum Gasteiger partial charge on any atom is -0.208 e. The molecule has 0 aromatic heterocycles. The van der Waals surface area contributed by atoms with E-state index in [0.29, 0.717) is 4.90 Å². The van der Waals surface area contributed by atoms with Crippen molar-refractivity contribution in [2.45, 2.75) is 81.6 Å². The summed E-state index contributed by atoms with van der Waals surface area (Å²) >= 11 is 3.34. The van der Waals surface area contributed by atoms with E-state index in [9.17, 15) is 8.42 Å². The van der Waals surface area contributed by atoms with Gasteiger partial charge in [0.15, 0.2) is 0 Å². The van der Waals surface area contributed by atoms with Crippen molar-refractivity contribution in [1.29, 1.82) is 0 Å². The van der Waals surface area contributed by atoms with Crippen LogP contribution < -0.4 is 4.72 Å². The highest BCUT2D eigenvalue weighted by Crippen LogP contribution is 2.20. The normalized spacial score (nSPS) is 19.7. The van der Waals surface area contributed by atoms with Crippen LogP contribution in [0.2, 0.25) is 0 Å². The van der Waals surface area contributed by atoms with Crippen LogP contribution in [0.5, 0.6) is 0 Å². The van der Waals surface area contributed by atoms with Crippen LogP contribution in [0.15, 0.2) is 33.6 Å². The SMILES string of the molecule is O=S(=O)(NC1CCCCCCCCCCC1)c1ccc(Br)cc1. The summed E-state index contributed by atoms with van der Waals surface area (Å²) in [5, 5.41) is 0. The molecule has 1 aromatic carbocycles. The van der Waals surface area contributed by atoms with E-state index in [0.717, 1.165) is 30.2 Å². The molecule has 1 aliphatic carbocycles. The lowest BCUT2D eigenvalue weighted by Crippen LogP contribution is -2.34. The van der Waals surface area contributed by atoms with Gasteiger partial charge in [-0.3, -0.25) is 0 Å². The van der Waals surface area contributed by atoms with Crippen LogP contribution >= 0.6 is 15.9 Å². The van der Waals surface area contributed by atoms with Crippen molar-refractivity contribution >= 4 is 26.0 Å². The summed E-state index contributed by atoms with van der Waals surface area (Å²) in [6.07, 6.45) is 13.2. The number of sulfonamides is 1. The molecule has 0 amide bonds. The van der Waals surface area contributed by atoms with E-state index in [1.165, 1.54) is 44.9 Å². The zero-order valence-corrected chi connectivity index (χ0v) is 16.2. The van der Waals surface area contributed by atoms with Crippen LogP contribution in [0.1, 0.15) is 70.6 Å². The number of nitrogens with one attached hydrogen (secondary N) is 1. The summed E-state index contributed by atoms with van der Waals surface area (Å²) in [4.78, 5) is 0.354. The van der Waals surface area contributed by atoms with Crippen LogP contribution in [0, 0.1) is 0 Å². The fraction of sp³-hybridized carbons (Fsp3) is 0.667. The summed E-state index contributed by atoms with van der Waals surface area (Å²) < 4.78 is 29.0. The van der Waals surface area contributed by atoms with E-state index < -0.39 is 10.0 Å². The number of hydrogen-bond acceptors (Lipinski definition) is 2. The Labute approximate surface area is 149 Å². The van der Waals surface area contributed by atoms with Gasteiger partial charge in [-0.25, -0.2) is 13.1 Å². The second-order valence-electron chi connectivity index (χ2n) is 6.53. The van der Waals surface area contributed by atoms with Crippen LogP contribution in [0.25, 0.3) is 0 Å². The topological polar surface area (TPSA) is 46.2 Å². The number of rotatable bonds is 3. The van der Waals surface area contributed by atoms with Gasteiger partial charge in [0.1, 0.15) is 0 Å². The predicted molar refractivity (Wildman–Crippen MR) is 99.0 cm³/mol. The molecule has 1 aromatic rings. The Morgan fingerprint density at radius 3 is 1.70 bits per heavy atom. The molecule has 3 nitrogen and oxygen atoms in total. The Morgan fingerprint density at radius 2 is 1.22 bits per heavy atom. The third-order valence-electron chi connectivity index (χ3n) is 4.55. The molecule has 0 bridgehead atoms. The van der Waals surface area contributed by atoms with Crippen molar-refractivity contribution in [2.24, 2.45) is 0 Å². The van der Waals surface area contributed by atoms with Gasteiger partial charge in [0.2, 0.25) is 10.0 Å². The zero-order valence-electron chi connectivity index (χ0n) is 13.8. The molecule has 0 radical (unpaired) electrons. The molecule has 5 heteroatoms. The molecule has 0 spiro atoms. The Balaban J connectivity index is 1.97. The van der Waals surface area contributed by atoms with E-state index in [1.807, 2.05) is 0 Å². The predicted octanol–water partition coefficient (Wildman–Crippen LogP) is 5.40. The highest BCUT2D eigenvalue weighted by molar-refractivity contribution is 9.10. The van der Waals surface area contributed by atoms with E-state index in [2.05, 4.69) is 20.7 Å². The van der Waals surface area contributed by atoms with Crippen LogP contribution in [0.3, 0.4) is 0 Å². The quantitative estimate of drug-likeness (QED) is 0.736. The minimum absolute atomic E-state index is 0.0723. The van der Waals surface area contributed by atoms with E-state index in [4.69, 9.17) is 0 Å². The molecular weight excluding hydrogens is 374 g/mol. The summed E-state index contributed by atoms with van der Waals surface area (Å²) in [6, 6.07) is 6.93. The van der Waals surface area contributed by atoms with Crippen molar-refractivity contribution in [3.63, 3.8) is 0 Å². The molecule has 0 atom stereocenters. The van der Waals surface area contributed by atoms with Gasteiger partial charge < -0.3 is 0 Å². The van der Waals surface area contributed by atoms with Crippen molar-refractivity contribution < 1.29 is 8.42 Å². The summed E-state index contributed by atoms with van der Waals surface area (Å²) in [5.74, 6) is 0. The minimum atomic E-state index is -3.41. The van der Waals surface area contributed by atoms with Gasteiger partial charge in [-0.1, -0.05) is 73.7 Å². The molecule has 1 N–H and O–H groups in total. The molecular formula is C18H28BrNO2S. The van der Waals surface area contributed by atoms with Gasteiger partial charge in [0, 0.05) is 10.5 Å². The molecule has 23 heavy (non-hydrogen) atoms. The second kappa shape index (κ2) is 9.80. The van der Waals surface area contributed by atoms with Gasteiger partial charge in [-0.15, -0.1) is 0 Å². The average molecular weight is 402 g/mol. The first-order valence-electron chi connectivity index (χ1n) is 8.86. The molecule has 130 valence electrons. The van der Waals surface area contributed by atoms with Gasteiger partial charge >= 0.3 is 0 Å². The molecule has 2 rings (SSSR count). The van der Waals surface area contributed by atoms with Crippen molar-refractivity contribution in [2.75, 3.05) is 0 Å². The molecule has 1 fully saturated rings. The third-order valence-corrected chi connectivity index (χ3v) is 6.62. The number of benzene rings is 1. The van der Waals surface area contributed by atoms with Gasteiger partial charge in [-0.05, 0) is 37.1 Å². The molecule has 1 saturated carbocycles. The monoisotopic (exact) mass is 401 g/mol. The fourth-order valence-corrected chi connectivity index (χ4v) is 4.75. The van der Waals surface area contributed by atoms with Crippen molar-refractivity contribution in [3.8, 4) is 0 Å². The molecule has 0 unspecified atom stereocenters. The second-order valence-corrected chi connectivity index (χ2v) is 9.16. The Kier molecular flexibility index (Phi) is 8.07. The molecule has 0 saturated heterocycles. The number of halogens is 1. The standard InChI is InChI=1S/C18H28BrNO2S/c19-16-12-14-18(15-13-16)23(21,22)20-17-10-8-6-4-2-1-3-5-7-9-11-17/h12-15,17,20H,1-11H2. The molecule has 0 heterocycles. The first-order valence-corrected chi connectivity index (χ1v) is 11.1. The van der Waals surface area contributed by atoms with Gasteiger partial charge in [0.25, 0.3) is 0 Å². The maximum Gasteiger partial charge on any atom is 0.240 e. The van der Waals surface area contributed by atoms with E-state index in [1.54, 1.807) is 24.3 Å². The third kappa shape index (κ3) is 6.94. The van der Waals surface area contributed by atoms with Crippen LogP contribution in [-0.4, -0.2) is 14.5 Å². The van der Waals surface area contributed by atoms with Gasteiger partial charge in [0.05, 0.1) is 4.90 Å². The summed E-state index contributed by atoms with van der Waals surface area (Å²) in [6.45, 7) is 0. The summed E-state index contributed by atoms with van der Waals surface area (Å²) in [5.41, 5.74) is 0. The highest BCUT2D eigenvalue weighted by Gasteiger charge is 2.19. The first-order chi connectivity index (χ1) is 11.1. The van der Waals surface area contributed by atoms with E-state index in [-0.39, 0.29) is 6.04 Å².